The van der Waals surface area contributed by atoms with E-state index in [0.29, 0.717) is 0 Å². The first-order valence-corrected chi connectivity index (χ1v) is 3.86. The van der Waals surface area contributed by atoms with E-state index in [4.69, 9.17) is 3.88 Å². The Labute approximate surface area is 71.6 Å². The van der Waals surface area contributed by atoms with E-state index in [2.05, 4.69) is 27.6 Å². The van der Waals surface area contributed by atoms with E-state index >= 15 is 0 Å². The van der Waals surface area contributed by atoms with E-state index < -0.39 is 0 Å². The molecule has 1 unspecified atom stereocenters. The van der Waals surface area contributed by atoms with Gasteiger partial charge in [0, 0.05) is 0 Å². The van der Waals surface area contributed by atoms with Crippen LogP contribution in [0.3, 0.4) is 0 Å². The average Bonchev–Trinajstić information content (AvgIpc) is 1.87. The summed E-state index contributed by atoms with van der Waals surface area (Å²) in [6.07, 6.45) is 0.963. The SMILES string of the molecule is CCC(C)(CN(C)C)[O][Ni]. The zero-order valence-corrected chi connectivity index (χ0v) is 8.07. The molecular formula is C7H16NNiO. The van der Waals surface area contributed by atoms with Crippen molar-refractivity contribution in [1.29, 1.82) is 0 Å². The van der Waals surface area contributed by atoms with Crippen molar-refractivity contribution in [2.75, 3.05) is 20.6 Å². The fourth-order valence-electron chi connectivity index (χ4n) is 0.847. The van der Waals surface area contributed by atoms with Crippen molar-refractivity contribution in [3.8, 4) is 0 Å². The van der Waals surface area contributed by atoms with Crippen molar-refractivity contribution in [2.45, 2.75) is 25.9 Å². The second-order valence-corrected chi connectivity index (χ2v) is 3.31. The normalized spacial score (nSPS) is 17.5. The Bertz CT molecular complexity index is 91.6. The molecule has 0 aromatic carbocycles. The number of hydrogen-bond acceptors (Lipinski definition) is 2. The molecule has 0 radical (unpaired) electrons. The van der Waals surface area contributed by atoms with Crippen LogP contribution < -0.4 is 0 Å². The van der Waals surface area contributed by atoms with Crippen LogP contribution in [0.2, 0.25) is 0 Å². The van der Waals surface area contributed by atoms with Crippen LogP contribution in [0.1, 0.15) is 20.3 Å². The molecule has 65 valence electrons. The van der Waals surface area contributed by atoms with Crippen molar-refractivity contribution in [3.63, 3.8) is 0 Å². The minimum absolute atomic E-state index is 0.135. The van der Waals surface area contributed by atoms with E-state index in [1.54, 1.807) is 0 Å². The van der Waals surface area contributed by atoms with Crippen molar-refractivity contribution in [3.05, 3.63) is 0 Å². The monoisotopic (exact) mass is 188 g/mol. The second-order valence-electron chi connectivity index (χ2n) is 3.11. The summed E-state index contributed by atoms with van der Waals surface area (Å²) < 4.78 is 4.98. The van der Waals surface area contributed by atoms with E-state index in [-0.39, 0.29) is 5.60 Å². The third-order valence-corrected chi connectivity index (χ3v) is 2.04. The Morgan fingerprint density at radius 3 is 2.10 bits per heavy atom. The summed E-state index contributed by atoms with van der Waals surface area (Å²) in [5.41, 5.74) is -0.135. The van der Waals surface area contributed by atoms with Gasteiger partial charge in [-0.25, -0.2) is 0 Å². The summed E-state index contributed by atoms with van der Waals surface area (Å²) in [6.45, 7) is 5.02. The van der Waals surface area contributed by atoms with Crippen molar-refractivity contribution < 1.29 is 19.7 Å². The van der Waals surface area contributed by atoms with Gasteiger partial charge in [0.15, 0.2) is 0 Å². The Morgan fingerprint density at radius 2 is 2.00 bits per heavy atom. The Kier molecular flexibility index (Phi) is 4.50. The molecule has 0 saturated carbocycles. The molecule has 3 heteroatoms. The third-order valence-electron chi connectivity index (χ3n) is 1.55. The molecule has 0 N–H and O–H groups in total. The Hall–Kier alpha value is 0.414. The van der Waals surface area contributed by atoms with Crippen molar-refractivity contribution >= 4 is 0 Å². The third kappa shape index (κ3) is 3.55. The maximum atomic E-state index is 4.98. The first kappa shape index (κ1) is 10.4. The van der Waals surface area contributed by atoms with Gasteiger partial charge in [-0.3, -0.25) is 0 Å². The first-order chi connectivity index (χ1) is 4.54. The van der Waals surface area contributed by atoms with E-state index in [9.17, 15) is 0 Å². The van der Waals surface area contributed by atoms with Gasteiger partial charge in [0.25, 0.3) is 0 Å². The average molecular weight is 189 g/mol. The zero-order chi connectivity index (χ0) is 8.20. The van der Waals surface area contributed by atoms with Crippen LogP contribution in [0.4, 0.5) is 0 Å². The van der Waals surface area contributed by atoms with Gasteiger partial charge in [0.2, 0.25) is 0 Å². The molecule has 0 aromatic rings. The maximum absolute atomic E-state index is 4.98. The number of likely N-dealkylation sites (N-methyl/N-ethyl adjacent to an activating group) is 1. The summed E-state index contributed by atoms with van der Waals surface area (Å²) in [5.74, 6) is 0. The van der Waals surface area contributed by atoms with Crippen LogP contribution in [0.5, 0.6) is 0 Å². The molecule has 10 heavy (non-hydrogen) atoms. The quantitative estimate of drug-likeness (QED) is 0.615. The van der Waals surface area contributed by atoms with Gasteiger partial charge >= 0.3 is 71.1 Å². The van der Waals surface area contributed by atoms with E-state index in [0.717, 1.165) is 13.0 Å². The summed E-state index contributed by atoms with van der Waals surface area (Å²) in [5, 5.41) is 0. The van der Waals surface area contributed by atoms with Crippen LogP contribution in [-0.4, -0.2) is 31.1 Å². The van der Waals surface area contributed by atoms with Gasteiger partial charge in [0.05, 0.1) is 0 Å². The Morgan fingerprint density at radius 1 is 1.50 bits per heavy atom. The van der Waals surface area contributed by atoms with E-state index in [1.165, 1.54) is 0 Å². The van der Waals surface area contributed by atoms with Gasteiger partial charge in [-0.2, -0.15) is 0 Å². The van der Waals surface area contributed by atoms with Crippen LogP contribution in [0.25, 0.3) is 0 Å². The molecule has 0 aliphatic heterocycles. The number of nitrogens with zero attached hydrogens (tertiary/aromatic N) is 1. The molecular weight excluding hydrogens is 173 g/mol. The summed E-state index contributed by atoms with van der Waals surface area (Å²) >= 11 is 4.30. The molecule has 0 rings (SSSR count). The van der Waals surface area contributed by atoms with Gasteiger partial charge in [0.1, 0.15) is 0 Å². The molecule has 0 fully saturated rings. The summed E-state index contributed by atoms with van der Waals surface area (Å²) in [7, 11) is 4.04. The molecule has 0 heterocycles. The van der Waals surface area contributed by atoms with Crippen LogP contribution >= 0.6 is 0 Å². The van der Waals surface area contributed by atoms with Crippen LogP contribution in [0.15, 0.2) is 0 Å². The Balaban J connectivity index is 3.80. The van der Waals surface area contributed by atoms with Gasteiger partial charge in [-0.05, 0) is 0 Å². The molecule has 2 nitrogen and oxygen atoms in total. The predicted molar refractivity (Wildman–Crippen MR) is 38.3 cm³/mol. The zero-order valence-electron chi connectivity index (χ0n) is 7.09. The number of hydrogen-bond donors (Lipinski definition) is 0. The molecule has 0 saturated heterocycles. The molecule has 0 amide bonds. The van der Waals surface area contributed by atoms with Gasteiger partial charge in [-0.1, -0.05) is 0 Å². The second kappa shape index (κ2) is 4.32. The standard InChI is InChI=1S/C7H16NO.Ni/c1-5-7(2,9)6-8(3)4;/h5-6H2,1-4H3;/q-1;+1. The molecule has 0 bridgehead atoms. The van der Waals surface area contributed by atoms with E-state index in [1.807, 2.05) is 21.0 Å². The van der Waals surface area contributed by atoms with Gasteiger partial charge < -0.3 is 0 Å². The molecule has 0 aliphatic rings. The topological polar surface area (TPSA) is 12.5 Å². The predicted octanol–water partition coefficient (Wildman–Crippen LogP) is 1.20. The molecule has 0 spiro atoms. The van der Waals surface area contributed by atoms with Gasteiger partial charge in [-0.15, -0.1) is 0 Å². The fourth-order valence-corrected chi connectivity index (χ4v) is 1.05. The van der Waals surface area contributed by atoms with Crippen LogP contribution in [0, 0.1) is 0 Å². The van der Waals surface area contributed by atoms with Crippen molar-refractivity contribution in [1.82, 2.24) is 4.90 Å². The molecule has 0 aliphatic carbocycles. The van der Waals surface area contributed by atoms with Crippen molar-refractivity contribution in [2.24, 2.45) is 0 Å². The first-order valence-electron chi connectivity index (χ1n) is 3.46. The summed E-state index contributed by atoms with van der Waals surface area (Å²) in [4.78, 5) is 2.09. The van der Waals surface area contributed by atoms with Crippen LogP contribution in [-0.2, 0) is 19.7 Å². The fraction of sp³-hybridized carbons (Fsp3) is 1.00. The number of rotatable bonds is 4. The minimum atomic E-state index is -0.135. The molecule has 1 atom stereocenters. The molecule has 0 aromatic heterocycles. The summed E-state index contributed by atoms with van der Waals surface area (Å²) in [6, 6.07) is 0.